The van der Waals surface area contributed by atoms with Crippen molar-refractivity contribution in [1.82, 2.24) is 20.3 Å². The Labute approximate surface area is 523 Å². The molecule has 7 heterocycles. The van der Waals surface area contributed by atoms with Crippen molar-refractivity contribution in [2.45, 2.75) is 260 Å². The second-order valence-corrected chi connectivity index (χ2v) is 30.4. The van der Waals surface area contributed by atoms with E-state index in [-0.39, 0.29) is 0 Å². The molecule has 0 unspecified atom stereocenters. The number of aryl methyl sites for hydroxylation is 7. The van der Waals surface area contributed by atoms with E-state index in [1.807, 2.05) is 44.9 Å². The van der Waals surface area contributed by atoms with Crippen molar-refractivity contribution in [3.05, 3.63) is 81.4 Å². The van der Waals surface area contributed by atoms with Gasteiger partial charge >= 0.3 is 12.1 Å². The van der Waals surface area contributed by atoms with E-state index in [1.165, 1.54) is 207 Å². The van der Waals surface area contributed by atoms with E-state index in [4.69, 9.17) is 9.47 Å². The monoisotopic (exact) mass is 1240 g/mol. The Morgan fingerprint density at radius 2 is 0.904 bits per heavy atom. The van der Waals surface area contributed by atoms with Crippen LogP contribution in [0.2, 0.25) is 0 Å². The van der Waals surface area contributed by atoms with E-state index in [0.717, 1.165) is 42.7 Å². The van der Waals surface area contributed by atoms with E-state index in [2.05, 4.69) is 134 Å². The topological polar surface area (TPSA) is 95.3 Å². The molecule has 0 saturated heterocycles. The number of esters is 1. The molecule has 14 heteroatoms. The predicted octanol–water partition coefficient (Wildman–Crippen LogP) is 22.8. The summed E-state index contributed by atoms with van der Waals surface area (Å²) in [5, 5.41) is 11.9. The maximum absolute atomic E-state index is 12.5. The first-order valence-electron chi connectivity index (χ1n) is 32.0. The molecule has 0 fully saturated rings. The number of hydrogen-bond donors (Lipinski definition) is 1. The van der Waals surface area contributed by atoms with E-state index >= 15 is 0 Å². The summed E-state index contributed by atoms with van der Waals surface area (Å²) >= 11 is 12.1. The van der Waals surface area contributed by atoms with Crippen molar-refractivity contribution in [3.8, 4) is 59.3 Å². The second kappa shape index (κ2) is 34.4. The Morgan fingerprint density at radius 1 is 0.506 bits per heavy atom. The number of amides is 1. The van der Waals surface area contributed by atoms with Gasteiger partial charge in [-0.15, -0.1) is 73.1 Å². The molecule has 0 bridgehead atoms. The number of carbonyl (C=O) groups is 2. The molecule has 1 amide bonds. The quantitative estimate of drug-likeness (QED) is 0.0306. The molecular weight excluding hydrogens is 1140 g/mol. The molecule has 83 heavy (non-hydrogen) atoms. The molecule has 8 nitrogen and oxygen atoms in total. The van der Waals surface area contributed by atoms with Gasteiger partial charge in [0.25, 0.3) is 0 Å². The molecule has 1 atom stereocenters. The van der Waals surface area contributed by atoms with Gasteiger partial charge in [-0.3, -0.25) is 4.68 Å². The van der Waals surface area contributed by atoms with Crippen LogP contribution in [-0.2, 0) is 52.9 Å². The number of carbonyl (C=O) groups excluding carboxylic acids is 2. The van der Waals surface area contributed by atoms with Crippen LogP contribution in [-0.4, -0.2) is 45.8 Å². The summed E-state index contributed by atoms with van der Waals surface area (Å²) < 4.78 is 12.3. The molecule has 0 aliphatic heterocycles. The standard InChI is InChI=1S/C69H98N4O4S6/c1-11-16-21-26-33-49-42-48(6)78-63(49)58-44-51(35-28-23-18-13-3)65(81-58)60-46-53(37-30-25-20-15-5)66(83-60)61-45-52(36-29-24-19-14-4)64(82-61)59-43-50(34-27-22-17-12-2)62(80-59)57-40-39-56(79-57)55-47-73(72-71-55)41-32-31-38-54(67(74)76-10)70-68(75)77-69(7,8)9/h39-40,42-47,54H,11-38,41H2,1-10H3,(H,70,75)/t54-/m0/s1. The van der Waals surface area contributed by atoms with Crippen molar-refractivity contribution >= 4 is 80.1 Å². The molecule has 7 rings (SSSR count). The number of unbranched alkanes of at least 4 members (excludes halogenated alkanes) is 16. The molecule has 0 aliphatic rings. The van der Waals surface area contributed by atoms with E-state index in [0.29, 0.717) is 19.4 Å². The zero-order valence-electron chi connectivity index (χ0n) is 52.1. The van der Waals surface area contributed by atoms with Crippen LogP contribution < -0.4 is 5.32 Å². The van der Waals surface area contributed by atoms with Crippen LogP contribution >= 0.6 is 68.0 Å². The Hall–Kier alpha value is -3.92. The highest BCUT2D eigenvalue weighted by Crippen LogP contribution is 2.52. The number of ether oxygens (including phenoxy) is 2. The molecule has 1 N–H and O–H groups in total. The van der Waals surface area contributed by atoms with Gasteiger partial charge in [0.2, 0.25) is 0 Å². The molecule has 0 saturated carbocycles. The number of aromatic nitrogens is 3. The fourth-order valence-electron chi connectivity index (χ4n) is 11.0. The van der Waals surface area contributed by atoms with E-state index < -0.39 is 23.7 Å². The first-order valence-corrected chi connectivity index (χ1v) is 36.9. The van der Waals surface area contributed by atoms with Crippen LogP contribution in [0.5, 0.6) is 0 Å². The average Bonchev–Trinajstić information content (AvgIpc) is 3.17. The highest BCUT2D eigenvalue weighted by molar-refractivity contribution is 7.31. The predicted molar refractivity (Wildman–Crippen MR) is 363 cm³/mol. The molecule has 0 aromatic carbocycles. The lowest BCUT2D eigenvalue weighted by Gasteiger charge is -2.22. The van der Waals surface area contributed by atoms with Gasteiger partial charge in [0.05, 0.1) is 18.2 Å². The van der Waals surface area contributed by atoms with Gasteiger partial charge in [-0.25, -0.2) is 9.59 Å². The van der Waals surface area contributed by atoms with Crippen LogP contribution in [0.25, 0.3) is 59.3 Å². The van der Waals surface area contributed by atoms with Gasteiger partial charge in [-0.2, -0.15) is 0 Å². The van der Waals surface area contributed by atoms with Crippen molar-refractivity contribution in [1.29, 1.82) is 0 Å². The number of thiophene rings is 6. The summed E-state index contributed by atoms with van der Waals surface area (Å²) in [6.07, 6.45) is 34.2. The Kier molecular flexibility index (Phi) is 27.6. The average molecular weight is 1240 g/mol. The van der Waals surface area contributed by atoms with Gasteiger partial charge in [-0.1, -0.05) is 136 Å². The van der Waals surface area contributed by atoms with E-state index in [9.17, 15) is 9.59 Å². The van der Waals surface area contributed by atoms with Gasteiger partial charge in [0, 0.05) is 60.2 Å². The minimum atomic E-state index is -0.782. The molecule has 454 valence electrons. The minimum absolute atomic E-state index is 0.431. The van der Waals surface area contributed by atoms with Crippen molar-refractivity contribution in [2.75, 3.05) is 7.11 Å². The Bertz CT molecular complexity index is 3040. The van der Waals surface area contributed by atoms with Crippen LogP contribution in [0, 0.1) is 6.92 Å². The third-order valence-corrected chi connectivity index (χ3v) is 23.3. The summed E-state index contributed by atoms with van der Waals surface area (Å²) in [5.74, 6) is -0.483. The van der Waals surface area contributed by atoms with Gasteiger partial charge < -0.3 is 14.8 Å². The van der Waals surface area contributed by atoms with E-state index in [1.54, 1.807) is 37.5 Å². The molecule has 7 aromatic rings. The largest absolute Gasteiger partial charge is 0.467 e. The Balaban J connectivity index is 1.20. The fraction of sp³-hybridized carbons (Fsp3) is 0.594. The summed E-state index contributed by atoms with van der Waals surface area (Å²) in [6, 6.07) is 16.7. The zero-order valence-corrected chi connectivity index (χ0v) is 57.0. The van der Waals surface area contributed by atoms with Gasteiger partial charge in [0.1, 0.15) is 17.3 Å². The van der Waals surface area contributed by atoms with Crippen LogP contribution in [0.4, 0.5) is 4.79 Å². The lowest BCUT2D eigenvalue weighted by atomic mass is 10.0. The Morgan fingerprint density at radius 3 is 1.31 bits per heavy atom. The van der Waals surface area contributed by atoms with Crippen molar-refractivity contribution in [2.24, 2.45) is 0 Å². The number of nitrogens with zero attached hydrogens (tertiary/aromatic N) is 3. The van der Waals surface area contributed by atoms with Gasteiger partial charge in [-0.05, 0) is 181 Å². The number of rotatable bonds is 38. The third-order valence-electron chi connectivity index (χ3n) is 15.5. The first-order chi connectivity index (χ1) is 40.2. The normalized spacial score (nSPS) is 12.2. The van der Waals surface area contributed by atoms with Crippen LogP contribution in [0.15, 0.2) is 48.7 Å². The summed E-state index contributed by atoms with van der Waals surface area (Å²) in [6.45, 7) is 19.9. The van der Waals surface area contributed by atoms with Crippen molar-refractivity contribution in [3.63, 3.8) is 0 Å². The van der Waals surface area contributed by atoms with Crippen LogP contribution in [0.1, 0.15) is 236 Å². The highest BCUT2D eigenvalue weighted by atomic mass is 32.1. The van der Waals surface area contributed by atoms with Crippen LogP contribution in [0.3, 0.4) is 0 Å². The van der Waals surface area contributed by atoms with Crippen molar-refractivity contribution < 1.29 is 19.1 Å². The fourth-order valence-corrected chi connectivity index (χ4v) is 18.5. The SMILES string of the molecule is CCCCCCc1cc(C)sc1-c1cc(CCCCCC)c(-c2cc(CCCCCC)c(-c3cc(CCCCCC)c(-c4cc(CCCCCC)c(-c5ccc(-c6cn(CCCC[C@H](NC(=O)OC(C)(C)C)C(=O)OC)nn6)s5)s4)s3)s2)s1. The van der Waals surface area contributed by atoms with Gasteiger partial charge in [0.15, 0.2) is 0 Å². The number of alkyl carbamates (subject to hydrolysis) is 1. The highest BCUT2D eigenvalue weighted by Gasteiger charge is 2.27. The lowest BCUT2D eigenvalue weighted by Crippen LogP contribution is -2.44. The number of hydrogen-bond acceptors (Lipinski definition) is 12. The number of nitrogens with one attached hydrogen (secondary N) is 1. The summed E-state index contributed by atoms with van der Waals surface area (Å²) in [4.78, 5) is 42.1. The molecule has 0 aliphatic carbocycles. The summed E-state index contributed by atoms with van der Waals surface area (Å²) in [5.41, 5.74) is 7.86. The maximum atomic E-state index is 12.5. The third kappa shape index (κ3) is 20.1. The zero-order chi connectivity index (χ0) is 59.1. The number of methoxy groups -OCH3 is 1. The lowest BCUT2D eigenvalue weighted by molar-refractivity contribution is -0.143. The minimum Gasteiger partial charge on any atom is -0.467 e. The first kappa shape index (κ1) is 66.6. The molecule has 7 aromatic heterocycles. The molecule has 0 radical (unpaired) electrons. The summed E-state index contributed by atoms with van der Waals surface area (Å²) in [7, 11) is 1.34. The second-order valence-electron chi connectivity index (χ2n) is 23.9. The maximum Gasteiger partial charge on any atom is 0.408 e. The smallest absolute Gasteiger partial charge is 0.408 e. The molecular formula is C69H98N4O4S6. The molecule has 0 spiro atoms.